The van der Waals surface area contributed by atoms with E-state index in [9.17, 15) is 10.1 Å². The third-order valence-electron chi connectivity index (χ3n) is 4.82. The van der Waals surface area contributed by atoms with E-state index in [1.165, 1.54) is 0 Å². The molecule has 0 atom stereocenters. The van der Waals surface area contributed by atoms with Crippen molar-refractivity contribution in [3.63, 3.8) is 0 Å². The first-order chi connectivity index (χ1) is 11.7. The molecule has 1 aliphatic heterocycles. The average molecular weight is 351 g/mol. The molecule has 7 heteroatoms. The van der Waals surface area contributed by atoms with Crippen LogP contribution >= 0.6 is 0 Å². The summed E-state index contributed by atoms with van der Waals surface area (Å²) < 4.78 is 16.7. The number of rotatable bonds is 8. The average Bonchev–Trinajstić information content (AvgIpc) is 2.55. The maximum absolute atomic E-state index is 10.3. The Hall–Kier alpha value is -1.12. The van der Waals surface area contributed by atoms with Crippen molar-refractivity contribution in [3.8, 4) is 5.75 Å². The fraction of sp³-hybridized carbons (Fsp3) is 0.667. The molecule has 0 bridgehead atoms. The summed E-state index contributed by atoms with van der Waals surface area (Å²) in [4.78, 5) is 2.31. The maximum Gasteiger partial charge on any atom is 0.491 e. The van der Waals surface area contributed by atoms with Gasteiger partial charge in [-0.1, -0.05) is 12.1 Å². The van der Waals surface area contributed by atoms with E-state index in [0.717, 1.165) is 38.6 Å². The Morgan fingerprint density at radius 2 is 1.72 bits per heavy atom. The molecule has 6 nitrogen and oxygen atoms in total. The van der Waals surface area contributed by atoms with Gasteiger partial charge in [-0.15, -0.1) is 0 Å². The molecule has 1 fully saturated rings. The van der Waals surface area contributed by atoms with Crippen molar-refractivity contribution in [2.24, 2.45) is 0 Å². The van der Waals surface area contributed by atoms with Crippen LogP contribution < -0.4 is 10.2 Å². The molecule has 140 valence electrons. The van der Waals surface area contributed by atoms with Gasteiger partial charge in [0.15, 0.2) is 0 Å². The minimum Gasteiger partial charge on any atom is -0.492 e. The number of hydrogen-bond donors (Lipinski definition) is 2. The van der Waals surface area contributed by atoms with Gasteiger partial charge >= 0.3 is 7.12 Å². The summed E-state index contributed by atoms with van der Waals surface area (Å²) in [6.45, 7) is 11.8. The van der Waals surface area contributed by atoms with E-state index in [1.807, 2.05) is 12.1 Å². The zero-order valence-electron chi connectivity index (χ0n) is 15.7. The Bertz CT molecular complexity index is 523. The Labute approximate surface area is 150 Å². The number of benzene rings is 1. The molecule has 2 rings (SSSR count). The van der Waals surface area contributed by atoms with Crippen LogP contribution in [0.2, 0.25) is 0 Å². The van der Waals surface area contributed by atoms with Crippen molar-refractivity contribution in [2.45, 2.75) is 38.9 Å². The molecule has 25 heavy (non-hydrogen) atoms. The van der Waals surface area contributed by atoms with Crippen molar-refractivity contribution in [3.05, 3.63) is 24.3 Å². The van der Waals surface area contributed by atoms with Crippen LogP contribution in [0.3, 0.4) is 0 Å². The molecule has 1 saturated heterocycles. The van der Waals surface area contributed by atoms with Crippen LogP contribution in [0.4, 0.5) is 0 Å². The summed E-state index contributed by atoms with van der Waals surface area (Å²) in [6.07, 6.45) is 0. The van der Waals surface area contributed by atoms with E-state index in [0.29, 0.717) is 12.1 Å². The topological polar surface area (TPSA) is 71.4 Å². The SMILES string of the molecule is CC(C)(O)C(C)(C)OB(O)c1ccc(OCCN2CCOCC2)cc1. The van der Waals surface area contributed by atoms with Gasteiger partial charge in [0.1, 0.15) is 12.4 Å². The molecule has 0 saturated carbocycles. The fourth-order valence-corrected chi connectivity index (χ4v) is 2.34. The smallest absolute Gasteiger partial charge is 0.491 e. The predicted octanol–water partition coefficient (Wildman–Crippen LogP) is 0.651. The van der Waals surface area contributed by atoms with Gasteiger partial charge in [-0.05, 0) is 45.3 Å². The second kappa shape index (κ2) is 8.51. The molecular formula is C18H30BNO5. The molecule has 1 aliphatic rings. The van der Waals surface area contributed by atoms with Crippen LogP contribution in [0.5, 0.6) is 5.75 Å². The summed E-state index contributed by atoms with van der Waals surface area (Å²) >= 11 is 0. The first-order valence-electron chi connectivity index (χ1n) is 8.80. The lowest BCUT2D eigenvalue weighted by Crippen LogP contribution is -2.53. The monoisotopic (exact) mass is 351 g/mol. The van der Waals surface area contributed by atoms with Gasteiger partial charge in [0.25, 0.3) is 0 Å². The van der Waals surface area contributed by atoms with Crippen LogP contribution in [-0.4, -0.2) is 72.8 Å². The lowest BCUT2D eigenvalue weighted by molar-refractivity contribution is -0.0982. The molecule has 0 aromatic heterocycles. The normalized spacial score (nSPS) is 16.7. The van der Waals surface area contributed by atoms with E-state index in [4.69, 9.17) is 14.1 Å². The van der Waals surface area contributed by atoms with E-state index < -0.39 is 18.3 Å². The zero-order valence-corrected chi connectivity index (χ0v) is 15.7. The lowest BCUT2D eigenvalue weighted by Gasteiger charge is -2.38. The van der Waals surface area contributed by atoms with Gasteiger partial charge in [-0.2, -0.15) is 0 Å². The van der Waals surface area contributed by atoms with Gasteiger partial charge in [-0.3, -0.25) is 4.90 Å². The van der Waals surface area contributed by atoms with Gasteiger partial charge in [-0.25, -0.2) is 0 Å². The van der Waals surface area contributed by atoms with Crippen LogP contribution in [0.25, 0.3) is 0 Å². The van der Waals surface area contributed by atoms with Gasteiger partial charge in [0.2, 0.25) is 0 Å². The van der Waals surface area contributed by atoms with Crippen molar-refractivity contribution in [1.82, 2.24) is 4.90 Å². The molecule has 0 spiro atoms. The van der Waals surface area contributed by atoms with Crippen molar-refractivity contribution >= 4 is 12.6 Å². The highest BCUT2D eigenvalue weighted by Gasteiger charge is 2.39. The molecular weight excluding hydrogens is 321 g/mol. The predicted molar refractivity (Wildman–Crippen MR) is 98.3 cm³/mol. The molecule has 1 aromatic carbocycles. The minimum atomic E-state index is -1.11. The van der Waals surface area contributed by atoms with Crippen molar-refractivity contribution in [2.75, 3.05) is 39.5 Å². The second-order valence-electron chi connectivity index (χ2n) is 7.41. The summed E-state index contributed by atoms with van der Waals surface area (Å²) in [5.41, 5.74) is -1.34. The van der Waals surface area contributed by atoms with Crippen LogP contribution in [0, 0.1) is 0 Å². The van der Waals surface area contributed by atoms with Crippen molar-refractivity contribution in [1.29, 1.82) is 0 Å². The number of hydrogen-bond acceptors (Lipinski definition) is 6. The summed E-state index contributed by atoms with van der Waals surface area (Å²) in [7, 11) is -1.11. The molecule has 0 amide bonds. The molecule has 0 aliphatic carbocycles. The minimum absolute atomic E-state index is 0.615. The Balaban J connectivity index is 1.82. The third-order valence-corrected chi connectivity index (χ3v) is 4.82. The molecule has 1 aromatic rings. The Morgan fingerprint density at radius 3 is 2.28 bits per heavy atom. The number of ether oxygens (including phenoxy) is 2. The zero-order chi connectivity index (χ0) is 18.5. The van der Waals surface area contributed by atoms with Gasteiger partial charge in [0.05, 0.1) is 24.4 Å². The van der Waals surface area contributed by atoms with Gasteiger partial charge in [0, 0.05) is 19.6 Å². The lowest BCUT2D eigenvalue weighted by atomic mass is 9.76. The van der Waals surface area contributed by atoms with Crippen LogP contribution in [0.1, 0.15) is 27.7 Å². The first-order valence-corrected chi connectivity index (χ1v) is 8.80. The quantitative estimate of drug-likeness (QED) is 0.671. The number of aliphatic hydroxyl groups is 1. The highest BCUT2D eigenvalue weighted by Crippen LogP contribution is 2.25. The maximum atomic E-state index is 10.3. The Kier molecular flexibility index (Phi) is 6.88. The summed E-state index contributed by atoms with van der Waals surface area (Å²) in [5, 5.41) is 20.4. The molecule has 1 heterocycles. The molecule has 0 unspecified atom stereocenters. The molecule has 0 radical (unpaired) electrons. The number of morpholine rings is 1. The van der Waals surface area contributed by atoms with Crippen molar-refractivity contribution < 1.29 is 24.3 Å². The van der Waals surface area contributed by atoms with E-state index in [-0.39, 0.29) is 0 Å². The van der Waals surface area contributed by atoms with E-state index >= 15 is 0 Å². The largest absolute Gasteiger partial charge is 0.492 e. The van der Waals surface area contributed by atoms with Gasteiger partial charge < -0.3 is 24.3 Å². The van der Waals surface area contributed by atoms with Crippen LogP contribution in [-0.2, 0) is 9.39 Å². The highest BCUT2D eigenvalue weighted by atomic mass is 16.5. The first kappa shape index (κ1) is 20.2. The summed E-state index contributed by atoms with van der Waals surface area (Å²) in [5.74, 6) is 0.756. The second-order valence-corrected chi connectivity index (χ2v) is 7.41. The highest BCUT2D eigenvalue weighted by molar-refractivity contribution is 6.60. The summed E-state index contributed by atoms with van der Waals surface area (Å²) in [6, 6.07) is 7.18. The number of nitrogens with zero attached hydrogens (tertiary/aromatic N) is 1. The fourth-order valence-electron chi connectivity index (χ4n) is 2.34. The third kappa shape index (κ3) is 5.97. The van der Waals surface area contributed by atoms with E-state index in [2.05, 4.69) is 4.90 Å². The standard InChI is InChI=1S/C18H30BNO5/c1-17(2,21)18(3,4)25-19(22)15-5-7-16(8-6-15)24-14-11-20-9-12-23-13-10-20/h5-8,21-22H,9-14H2,1-4H3. The van der Waals surface area contributed by atoms with E-state index in [1.54, 1.807) is 39.8 Å². The molecule has 2 N–H and O–H groups in total. The van der Waals surface area contributed by atoms with Crippen LogP contribution in [0.15, 0.2) is 24.3 Å². The Morgan fingerprint density at radius 1 is 1.12 bits per heavy atom.